The van der Waals surface area contributed by atoms with Crippen LogP contribution in [0.4, 0.5) is 15.9 Å². The van der Waals surface area contributed by atoms with Crippen LogP contribution in [-0.2, 0) is 17.8 Å². The smallest absolute Gasteiger partial charge is 0.318 e. The zero-order valence-electron chi connectivity index (χ0n) is 23.9. The average Bonchev–Trinajstić information content (AvgIpc) is 2.96. The zero-order chi connectivity index (χ0) is 29.1. The molecule has 5 rings (SSSR count). The second-order valence-electron chi connectivity index (χ2n) is 10.9. The highest BCUT2D eigenvalue weighted by Gasteiger charge is 2.36. The minimum absolute atomic E-state index is 0.0726. The molecule has 2 aromatic carbocycles. The van der Waals surface area contributed by atoms with Crippen molar-refractivity contribution >= 4 is 28.2 Å². The number of carbonyl (C=O) groups is 1. The van der Waals surface area contributed by atoms with E-state index < -0.39 is 17.8 Å². The van der Waals surface area contributed by atoms with Crippen molar-refractivity contribution < 1.29 is 13.9 Å². The number of benzene rings is 2. The summed E-state index contributed by atoms with van der Waals surface area (Å²) >= 11 is 0. The predicted molar refractivity (Wildman–Crippen MR) is 159 cm³/mol. The Morgan fingerprint density at radius 2 is 1.95 bits per heavy atom. The van der Waals surface area contributed by atoms with Gasteiger partial charge in [0.15, 0.2) is 5.83 Å². The van der Waals surface area contributed by atoms with Gasteiger partial charge in [0.2, 0.25) is 6.54 Å². The number of hydrogen-bond acceptors (Lipinski definition) is 7. The van der Waals surface area contributed by atoms with Crippen molar-refractivity contribution in [2.24, 2.45) is 0 Å². The van der Waals surface area contributed by atoms with Crippen molar-refractivity contribution in [3.63, 3.8) is 0 Å². The van der Waals surface area contributed by atoms with Crippen LogP contribution in [0.15, 0.2) is 48.8 Å². The maximum absolute atomic E-state index is 13.7. The summed E-state index contributed by atoms with van der Waals surface area (Å²) in [5, 5.41) is 2.45. The van der Waals surface area contributed by atoms with Gasteiger partial charge in [0, 0.05) is 49.4 Å². The highest BCUT2D eigenvalue weighted by Crippen LogP contribution is 2.35. The van der Waals surface area contributed by atoms with E-state index in [1.807, 2.05) is 19.0 Å². The number of amides is 1. The Balaban J connectivity index is 1.49. The molecule has 0 unspecified atom stereocenters. The van der Waals surface area contributed by atoms with Crippen LogP contribution in [-0.4, -0.2) is 91.7 Å². The molecule has 0 aliphatic carbocycles. The molecule has 3 aromatic rings. The molecule has 0 saturated carbocycles. The molecule has 2 aliphatic rings. The van der Waals surface area contributed by atoms with E-state index in [1.54, 1.807) is 0 Å². The fraction of sp³-hybridized carbons (Fsp3) is 0.419. The Morgan fingerprint density at radius 3 is 2.68 bits per heavy atom. The molecule has 0 bridgehead atoms. The number of fused-ring (bicyclic) bond motifs is 2. The molecule has 0 N–H and O–H groups in total. The first-order chi connectivity index (χ1) is 19.8. The molecule has 1 amide bonds. The number of anilines is 2. The monoisotopic (exact) mass is 557 g/mol. The summed E-state index contributed by atoms with van der Waals surface area (Å²) < 4.78 is 19.8. The van der Waals surface area contributed by atoms with Gasteiger partial charge in [0.1, 0.15) is 18.5 Å². The number of likely N-dealkylation sites (N-methyl/N-ethyl adjacent to an activating group) is 1. The van der Waals surface area contributed by atoms with E-state index in [0.717, 1.165) is 36.6 Å². The Labute approximate surface area is 240 Å². The maximum Gasteiger partial charge on any atom is 0.318 e. The van der Waals surface area contributed by atoms with E-state index >= 15 is 0 Å². The van der Waals surface area contributed by atoms with Crippen LogP contribution >= 0.6 is 0 Å². The van der Waals surface area contributed by atoms with E-state index in [2.05, 4.69) is 64.5 Å². The maximum atomic E-state index is 13.7. The van der Waals surface area contributed by atoms with Gasteiger partial charge in [-0.25, -0.2) is 11.0 Å². The van der Waals surface area contributed by atoms with E-state index in [0.29, 0.717) is 32.3 Å². The standard InChI is InChI=1S/C31H36FN7O2/c1-21-8-6-9-23-10-7-11-27(28(21)23)37-13-12-25-26(20-37)34-31(41-17-16-36(4)5)35-29(25)38-14-15-39(30(40)22(2)32)24(19-38)18-33-3/h6-11,24H,2,12-20H2,1,4-5H3/t24-/m0/s1. The Morgan fingerprint density at radius 1 is 1.17 bits per heavy atom. The Bertz CT molecular complexity index is 1500. The third-order valence-electron chi connectivity index (χ3n) is 7.80. The fourth-order valence-corrected chi connectivity index (χ4v) is 5.74. The predicted octanol–water partition coefficient (Wildman–Crippen LogP) is 3.86. The van der Waals surface area contributed by atoms with Crippen molar-refractivity contribution in [2.75, 3.05) is 69.8 Å². The molecule has 1 fully saturated rings. The topological polar surface area (TPSA) is 69.4 Å². The van der Waals surface area contributed by atoms with Crippen molar-refractivity contribution in [3.8, 4) is 6.01 Å². The average molecular weight is 558 g/mol. The molecule has 214 valence electrons. The molecule has 1 atom stereocenters. The van der Waals surface area contributed by atoms with Crippen LogP contribution in [0.5, 0.6) is 6.01 Å². The summed E-state index contributed by atoms with van der Waals surface area (Å²) in [6, 6.07) is 12.6. The molecule has 3 heterocycles. The van der Waals surface area contributed by atoms with Gasteiger partial charge < -0.3 is 29.2 Å². The van der Waals surface area contributed by atoms with Crippen LogP contribution in [0.3, 0.4) is 0 Å². The number of carbonyl (C=O) groups excluding carboxylic acids is 1. The number of nitrogens with zero attached hydrogens (tertiary/aromatic N) is 7. The van der Waals surface area contributed by atoms with Crippen LogP contribution in [0, 0.1) is 13.5 Å². The molecule has 9 nitrogen and oxygen atoms in total. The van der Waals surface area contributed by atoms with Crippen molar-refractivity contribution in [1.82, 2.24) is 19.8 Å². The molecule has 1 saturated heterocycles. The fourth-order valence-electron chi connectivity index (χ4n) is 5.74. The van der Waals surface area contributed by atoms with Gasteiger partial charge in [-0.1, -0.05) is 36.9 Å². The van der Waals surface area contributed by atoms with Crippen molar-refractivity contribution in [2.45, 2.75) is 25.9 Å². The third kappa shape index (κ3) is 5.95. The normalized spacial score (nSPS) is 17.0. The van der Waals surface area contributed by atoms with E-state index in [-0.39, 0.29) is 13.1 Å². The molecule has 1 aromatic heterocycles. The Kier molecular flexibility index (Phi) is 8.36. The van der Waals surface area contributed by atoms with Gasteiger partial charge in [-0.3, -0.25) is 4.79 Å². The van der Waals surface area contributed by atoms with E-state index in [4.69, 9.17) is 21.3 Å². The number of aryl methyl sites for hydroxylation is 1. The van der Waals surface area contributed by atoms with E-state index in [9.17, 15) is 9.18 Å². The lowest BCUT2D eigenvalue weighted by Gasteiger charge is -2.41. The minimum atomic E-state index is -1.01. The van der Waals surface area contributed by atoms with E-state index in [1.165, 1.54) is 26.9 Å². The summed E-state index contributed by atoms with van der Waals surface area (Å²) in [6.07, 6.45) is 0.735. The Hall–Kier alpha value is -4.23. The van der Waals surface area contributed by atoms with Gasteiger partial charge in [0.05, 0.1) is 12.2 Å². The first kappa shape index (κ1) is 28.3. The highest BCUT2D eigenvalue weighted by molar-refractivity contribution is 5.97. The SMILES string of the molecule is [C-]#[N+]C[C@H]1CN(c2nc(OCCN(C)C)nc3c2CCN(c2cccc4cccc(C)c24)C3)CCN1C(=O)C(=C)F. The summed E-state index contributed by atoms with van der Waals surface area (Å²) in [7, 11) is 3.97. The lowest BCUT2D eigenvalue weighted by Crippen LogP contribution is -2.57. The van der Waals surface area contributed by atoms with Gasteiger partial charge in [-0.05, 0) is 44.5 Å². The molecular weight excluding hydrogens is 521 g/mol. The lowest BCUT2D eigenvalue weighted by molar-refractivity contribution is -0.131. The second-order valence-corrected chi connectivity index (χ2v) is 10.9. The largest absolute Gasteiger partial charge is 0.462 e. The van der Waals surface area contributed by atoms with Crippen molar-refractivity contribution in [3.05, 3.63) is 77.0 Å². The first-order valence-electron chi connectivity index (χ1n) is 13.9. The van der Waals surface area contributed by atoms with Gasteiger partial charge in [-0.15, -0.1) is 0 Å². The van der Waals surface area contributed by atoms with Crippen molar-refractivity contribution in [1.29, 1.82) is 0 Å². The molecule has 41 heavy (non-hydrogen) atoms. The van der Waals surface area contributed by atoms with Crippen LogP contribution in [0.25, 0.3) is 15.6 Å². The molecule has 10 heteroatoms. The van der Waals surface area contributed by atoms with Crippen LogP contribution in [0.1, 0.15) is 16.8 Å². The summed E-state index contributed by atoms with van der Waals surface area (Å²) in [4.78, 5) is 33.6. The molecule has 2 aliphatic heterocycles. The lowest BCUT2D eigenvalue weighted by atomic mass is 9.99. The number of hydrogen-bond donors (Lipinski definition) is 0. The number of piperazine rings is 1. The summed E-state index contributed by atoms with van der Waals surface area (Å²) in [6.45, 7) is 16.5. The van der Waals surface area contributed by atoms with Crippen LogP contribution in [0.2, 0.25) is 0 Å². The number of aromatic nitrogens is 2. The first-order valence-corrected chi connectivity index (χ1v) is 13.9. The van der Waals surface area contributed by atoms with Gasteiger partial charge in [0.25, 0.3) is 5.91 Å². The number of rotatable bonds is 8. The zero-order valence-corrected chi connectivity index (χ0v) is 23.9. The summed E-state index contributed by atoms with van der Waals surface area (Å²) in [5.74, 6) is -0.991. The number of halogens is 1. The molecule has 0 spiro atoms. The third-order valence-corrected chi connectivity index (χ3v) is 7.80. The highest BCUT2D eigenvalue weighted by atomic mass is 19.1. The van der Waals surface area contributed by atoms with Crippen LogP contribution < -0.4 is 14.5 Å². The minimum Gasteiger partial charge on any atom is -0.462 e. The quantitative estimate of drug-likeness (QED) is 0.308. The van der Waals surface area contributed by atoms with Gasteiger partial charge in [-0.2, -0.15) is 9.97 Å². The molecule has 0 radical (unpaired) electrons. The summed E-state index contributed by atoms with van der Waals surface area (Å²) in [5.41, 5.74) is 4.37. The number of ether oxygens (including phenoxy) is 1. The molecular formula is C31H36FN7O2. The van der Waals surface area contributed by atoms with Gasteiger partial charge >= 0.3 is 6.01 Å². The second kappa shape index (κ2) is 12.1.